The van der Waals surface area contributed by atoms with E-state index in [1.165, 1.54) is 0 Å². The van der Waals surface area contributed by atoms with Gasteiger partial charge in [0, 0.05) is 19.4 Å². The Labute approximate surface area is 120 Å². The molecule has 2 aromatic rings. The third kappa shape index (κ3) is 6.24. The molecule has 0 aromatic carbocycles. The van der Waals surface area contributed by atoms with Crippen LogP contribution in [0.3, 0.4) is 0 Å². The van der Waals surface area contributed by atoms with Crippen molar-refractivity contribution in [2.24, 2.45) is 0 Å². The molecule has 0 atom stereocenters. The van der Waals surface area contributed by atoms with E-state index in [1.54, 1.807) is 13.2 Å². The molecule has 2 heterocycles. The molecule has 5 nitrogen and oxygen atoms in total. The van der Waals surface area contributed by atoms with Gasteiger partial charge < -0.3 is 4.74 Å². The van der Waals surface area contributed by atoms with Crippen molar-refractivity contribution in [1.82, 2.24) is 15.2 Å². The molecule has 0 amide bonds. The van der Waals surface area contributed by atoms with Gasteiger partial charge in [-0.1, -0.05) is 19.9 Å². The Bertz CT molecular complexity index is 493. The van der Waals surface area contributed by atoms with Crippen LogP contribution >= 0.6 is 0 Å². The van der Waals surface area contributed by atoms with Crippen LogP contribution in [0.5, 0.6) is 0 Å². The first-order chi connectivity index (χ1) is 9.71. The third-order valence-corrected chi connectivity index (χ3v) is 2.16. The van der Waals surface area contributed by atoms with Crippen LogP contribution in [-0.2, 0) is 4.74 Å². The summed E-state index contributed by atoms with van der Waals surface area (Å²) in [6.45, 7) is 8.69. The second-order valence-corrected chi connectivity index (χ2v) is 3.57. The number of hydrogen-bond acceptors (Lipinski definition) is 4. The van der Waals surface area contributed by atoms with E-state index in [-0.39, 0.29) is 0 Å². The predicted molar refractivity (Wildman–Crippen MR) is 80.8 cm³/mol. The van der Waals surface area contributed by atoms with Gasteiger partial charge in [0.1, 0.15) is 5.69 Å². The van der Waals surface area contributed by atoms with Crippen molar-refractivity contribution < 1.29 is 9.53 Å². The Morgan fingerprint density at radius 3 is 2.40 bits per heavy atom. The van der Waals surface area contributed by atoms with E-state index in [0.29, 0.717) is 11.4 Å². The SMILES string of the molecule is CC.CCOC.Cc1cccc(-c2cc(C=O)[nH]n2)n1. The third-order valence-electron chi connectivity index (χ3n) is 2.16. The molecule has 0 radical (unpaired) electrons. The molecule has 0 aliphatic rings. The topological polar surface area (TPSA) is 67.9 Å². The summed E-state index contributed by atoms with van der Waals surface area (Å²) in [5.74, 6) is 0. The first-order valence-corrected chi connectivity index (χ1v) is 6.64. The summed E-state index contributed by atoms with van der Waals surface area (Å²) in [5, 5.41) is 6.59. The van der Waals surface area contributed by atoms with Crippen LogP contribution in [0.15, 0.2) is 24.3 Å². The maximum Gasteiger partial charge on any atom is 0.167 e. The van der Waals surface area contributed by atoms with Crippen molar-refractivity contribution in [3.8, 4) is 11.4 Å². The van der Waals surface area contributed by atoms with Gasteiger partial charge in [0.2, 0.25) is 0 Å². The normalized spacial score (nSPS) is 8.85. The Balaban J connectivity index is 0.000000521. The largest absolute Gasteiger partial charge is 0.385 e. The molecular weight excluding hydrogens is 254 g/mol. The van der Waals surface area contributed by atoms with Gasteiger partial charge >= 0.3 is 0 Å². The van der Waals surface area contributed by atoms with Crippen LogP contribution in [0, 0.1) is 6.92 Å². The molecule has 0 spiro atoms. The van der Waals surface area contributed by atoms with E-state index < -0.39 is 0 Å². The first-order valence-electron chi connectivity index (χ1n) is 6.64. The highest BCUT2D eigenvalue weighted by molar-refractivity contribution is 5.74. The number of nitrogens with zero attached hydrogens (tertiary/aromatic N) is 2. The van der Waals surface area contributed by atoms with E-state index in [2.05, 4.69) is 19.9 Å². The fourth-order valence-electron chi connectivity index (χ4n) is 1.21. The molecule has 0 aliphatic heterocycles. The van der Waals surface area contributed by atoms with E-state index in [4.69, 9.17) is 0 Å². The van der Waals surface area contributed by atoms with E-state index in [9.17, 15) is 4.79 Å². The molecule has 0 saturated heterocycles. The summed E-state index contributed by atoms with van der Waals surface area (Å²) in [4.78, 5) is 14.7. The molecule has 2 aromatic heterocycles. The molecule has 0 aliphatic carbocycles. The number of rotatable bonds is 3. The number of ether oxygens (including phenoxy) is 1. The Morgan fingerprint density at radius 2 is 1.95 bits per heavy atom. The number of pyridine rings is 1. The van der Waals surface area contributed by atoms with Gasteiger partial charge in [-0.2, -0.15) is 5.10 Å². The first kappa shape index (κ1) is 18.0. The van der Waals surface area contributed by atoms with Crippen LogP contribution in [0.25, 0.3) is 11.4 Å². The molecule has 1 N–H and O–H groups in total. The predicted octanol–water partition coefficient (Wildman–Crippen LogP) is 3.27. The summed E-state index contributed by atoms with van der Waals surface area (Å²) >= 11 is 0. The average Bonchev–Trinajstić information content (AvgIpc) is 2.98. The van der Waals surface area contributed by atoms with Crippen LogP contribution in [0.1, 0.15) is 37.0 Å². The number of H-pyrrole nitrogens is 1. The van der Waals surface area contributed by atoms with Crippen molar-refractivity contribution in [3.05, 3.63) is 35.7 Å². The number of carbonyl (C=O) groups is 1. The molecule has 20 heavy (non-hydrogen) atoms. The Kier molecular flexibility index (Phi) is 9.78. The fraction of sp³-hybridized carbons (Fsp3) is 0.400. The summed E-state index contributed by atoms with van der Waals surface area (Å²) in [7, 11) is 1.68. The van der Waals surface area contributed by atoms with E-state index in [0.717, 1.165) is 24.3 Å². The van der Waals surface area contributed by atoms with Crippen LogP contribution < -0.4 is 0 Å². The zero-order chi connectivity index (χ0) is 15.4. The van der Waals surface area contributed by atoms with Gasteiger partial charge in [-0.25, -0.2) is 0 Å². The van der Waals surface area contributed by atoms with Crippen LogP contribution in [0.2, 0.25) is 0 Å². The van der Waals surface area contributed by atoms with E-state index >= 15 is 0 Å². The number of aldehydes is 1. The average molecular weight is 277 g/mol. The zero-order valence-electron chi connectivity index (χ0n) is 12.8. The van der Waals surface area contributed by atoms with Gasteiger partial charge in [-0.15, -0.1) is 0 Å². The van der Waals surface area contributed by atoms with Crippen LogP contribution in [-0.4, -0.2) is 35.2 Å². The van der Waals surface area contributed by atoms with Crippen molar-refractivity contribution in [2.45, 2.75) is 27.7 Å². The number of nitrogens with one attached hydrogen (secondary N) is 1. The number of carbonyl (C=O) groups excluding carboxylic acids is 1. The highest BCUT2D eigenvalue weighted by atomic mass is 16.5. The minimum atomic E-state index is 0.461. The lowest BCUT2D eigenvalue weighted by molar-refractivity contribution is 0.111. The lowest BCUT2D eigenvalue weighted by Crippen LogP contribution is -1.85. The van der Waals surface area contributed by atoms with Crippen molar-refractivity contribution in [3.63, 3.8) is 0 Å². The molecule has 2 rings (SSSR count). The number of hydrogen-bond donors (Lipinski definition) is 1. The summed E-state index contributed by atoms with van der Waals surface area (Å²) in [6.07, 6.45) is 0.728. The van der Waals surface area contributed by atoms with Gasteiger partial charge in [0.05, 0.1) is 11.4 Å². The molecule has 110 valence electrons. The maximum atomic E-state index is 10.4. The molecule has 0 unspecified atom stereocenters. The van der Waals surface area contributed by atoms with E-state index in [1.807, 2.05) is 45.9 Å². The lowest BCUT2D eigenvalue weighted by atomic mass is 10.2. The minimum Gasteiger partial charge on any atom is -0.385 e. The highest BCUT2D eigenvalue weighted by Gasteiger charge is 2.03. The molecular formula is C15H23N3O2. The summed E-state index contributed by atoms with van der Waals surface area (Å²) < 4.78 is 4.54. The van der Waals surface area contributed by atoms with Gasteiger partial charge in [-0.3, -0.25) is 14.9 Å². The fourth-order valence-corrected chi connectivity index (χ4v) is 1.21. The molecule has 0 bridgehead atoms. The second-order valence-electron chi connectivity index (χ2n) is 3.57. The van der Waals surface area contributed by atoms with Crippen molar-refractivity contribution >= 4 is 6.29 Å². The van der Waals surface area contributed by atoms with Crippen molar-refractivity contribution in [1.29, 1.82) is 0 Å². The number of aromatic amines is 1. The van der Waals surface area contributed by atoms with Gasteiger partial charge in [0.15, 0.2) is 6.29 Å². The monoisotopic (exact) mass is 277 g/mol. The van der Waals surface area contributed by atoms with Gasteiger partial charge in [0.25, 0.3) is 0 Å². The van der Waals surface area contributed by atoms with Gasteiger partial charge in [-0.05, 0) is 32.0 Å². The van der Waals surface area contributed by atoms with Crippen LogP contribution in [0.4, 0.5) is 0 Å². The Morgan fingerprint density at radius 1 is 1.30 bits per heavy atom. The Hall–Kier alpha value is -2.01. The zero-order valence-corrected chi connectivity index (χ0v) is 12.8. The molecule has 0 saturated carbocycles. The molecule has 5 heteroatoms. The standard InChI is InChI=1S/C10H9N3O.C3H8O.C2H6/c1-7-3-2-4-9(11-7)10-5-8(6-14)12-13-10;1-3-4-2;1-2/h2-6H,1H3,(H,12,13);3H2,1-2H3;1-2H3. The quantitative estimate of drug-likeness (QED) is 0.874. The minimum absolute atomic E-state index is 0.461. The number of aromatic nitrogens is 3. The second kappa shape index (κ2) is 10.9. The lowest BCUT2D eigenvalue weighted by Gasteiger charge is -1.95. The molecule has 0 fully saturated rings. The smallest absolute Gasteiger partial charge is 0.167 e. The van der Waals surface area contributed by atoms with Crippen molar-refractivity contribution in [2.75, 3.05) is 13.7 Å². The number of aryl methyl sites for hydroxylation is 1. The maximum absolute atomic E-state index is 10.4. The summed E-state index contributed by atoms with van der Waals surface area (Å²) in [5.41, 5.74) is 2.85. The highest BCUT2D eigenvalue weighted by Crippen LogP contribution is 2.14. The number of methoxy groups -OCH3 is 1. The summed E-state index contributed by atoms with van der Waals surface area (Å²) in [6, 6.07) is 7.36.